The van der Waals surface area contributed by atoms with Crippen molar-refractivity contribution in [1.29, 1.82) is 0 Å². The lowest BCUT2D eigenvalue weighted by atomic mass is 9.81. The summed E-state index contributed by atoms with van der Waals surface area (Å²) < 4.78 is 1.18. The first-order chi connectivity index (χ1) is 7.72. The Labute approximate surface area is 112 Å². The second-order valence-corrected chi connectivity index (χ2v) is 5.35. The summed E-state index contributed by atoms with van der Waals surface area (Å²) in [5.74, 6) is 1.20. The van der Waals surface area contributed by atoms with Crippen molar-refractivity contribution in [2.24, 2.45) is 5.92 Å². The normalized spacial score (nSPS) is 24.3. The molecule has 0 saturated carbocycles. The maximum absolute atomic E-state index is 2.49. The van der Waals surface area contributed by atoms with Gasteiger partial charge >= 0.3 is 0 Å². The molecule has 2 rings (SSSR count). The van der Waals surface area contributed by atoms with Crippen molar-refractivity contribution in [3.05, 3.63) is 59.2 Å². The van der Waals surface area contributed by atoms with Crippen molar-refractivity contribution >= 4 is 22.6 Å². The number of allylic oxidation sites excluding steroid dienone is 4. The molecule has 0 radical (unpaired) electrons. The van der Waals surface area contributed by atoms with Crippen molar-refractivity contribution in [3.63, 3.8) is 0 Å². The SMILES string of the molecule is CC1=CC(CI)C(c2ccccc2C)C=C1. The topological polar surface area (TPSA) is 0 Å². The fourth-order valence-electron chi connectivity index (χ4n) is 2.33. The van der Waals surface area contributed by atoms with Crippen LogP contribution in [-0.4, -0.2) is 4.43 Å². The molecule has 0 amide bonds. The zero-order chi connectivity index (χ0) is 11.5. The van der Waals surface area contributed by atoms with Crippen molar-refractivity contribution in [3.8, 4) is 0 Å². The summed E-state index contributed by atoms with van der Waals surface area (Å²) in [5.41, 5.74) is 4.27. The molecule has 2 atom stereocenters. The summed E-state index contributed by atoms with van der Waals surface area (Å²) in [6.07, 6.45) is 7.02. The van der Waals surface area contributed by atoms with Gasteiger partial charge in [-0.1, -0.05) is 70.7 Å². The van der Waals surface area contributed by atoms with Gasteiger partial charge in [-0.05, 0) is 30.9 Å². The average Bonchev–Trinajstić information content (AvgIpc) is 2.30. The van der Waals surface area contributed by atoms with Crippen LogP contribution >= 0.6 is 22.6 Å². The Kier molecular flexibility index (Phi) is 3.85. The highest BCUT2D eigenvalue weighted by Crippen LogP contribution is 2.34. The molecule has 2 unspecified atom stereocenters. The first-order valence-electron chi connectivity index (χ1n) is 5.70. The fourth-order valence-corrected chi connectivity index (χ4v) is 3.13. The molecular formula is C15H17I. The van der Waals surface area contributed by atoms with Crippen molar-refractivity contribution < 1.29 is 0 Å². The lowest BCUT2D eigenvalue weighted by Crippen LogP contribution is -2.14. The van der Waals surface area contributed by atoms with Gasteiger partial charge in [-0.15, -0.1) is 0 Å². The van der Waals surface area contributed by atoms with E-state index < -0.39 is 0 Å². The minimum Gasteiger partial charge on any atom is -0.0857 e. The first-order valence-corrected chi connectivity index (χ1v) is 7.23. The molecule has 1 aromatic rings. The summed E-state index contributed by atoms with van der Waals surface area (Å²) >= 11 is 2.49. The molecule has 0 aromatic heterocycles. The van der Waals surface area contributed by atoms with E-state index in [1.54, 1.807) is 0 Å². The predicted molar refractivity (Wildman–Crippen MR) is 79.2 cm³/mol. The summed E-state index contributed by atoms with van der Waals surface area (Å²) in [6, 6.07) is 8.73. The van der Waals surface area contributed by atoms with Crippen LogP contribution in [0.15, 0.2) is 48.1 Å². The Balaban J connectivity index is 2.35. The Morgan fingerprint density at radius 3 is 2.62 bits per heavy atom. The molecule has 0 spiro atoms. The van der Waals surface area contributed by atoms with Gasteiger partial charge in [0.25, 0.3) is 0 Å². The van der Waals surface area contributed by atoms with Crippen LogP contribution in [0.25, 0.3) is 0 Å². The van der Waals surface area contributed by atoms with Gasteiger partial charge in [0, 0.05) is 10.3 Å². The van der Waals surface area contributed by atoms with Crippen LogP contribution < -0.4 is 0 Å². The molecule has 0 fully saturated rings. The van der Waals surface area contributed by atoms with E-state index in [0.717, 1.165) is 0 Å². The Morgan fingerprint density at radius 1 is 1.19 bits per heavy atom. The number of halogens is 1. The molecular weight excluding hydrogens is 307 g/mol. The van der Waals surface area contributed by atoms with Gasteiger partial charge in [0.05, 0.1) is 0 Å². The minimum atomic E-state index is 0.557. The highest BCUT2D eigenvalue weighted by molar-refractivity contribution is 14.1. The van der Waals surface area contributed by atoms with E-state index in [1.807, 2.05) is 0 Å². The van der Waals surface area contributed by atoms with Crippen LogP contribution in [0, 0.1) is 12.8 Å². The second-order valence-electron chi connectivity index (χ2n) is 4.47. The van der Waals surface area contributed by atoms with E-state index >= 15 is 0 Å². The van der Waals surface area contributed by atoms with Gasteiger partial charge < -0.3 is 0 Å². The maximum atomic E-state index is 2.49. The molecule has 0 aliphatic heterocycles. The van der Waals surface area contributed by atoms with Crippen molar-refractivity contribution in [2.45, 2.75) is 19.8 Å². The number of hydrogen-bond acceptors (Lipinski definition) is 0. The molecule has 0 heterocycles. The second kappa shape index (κ2) is 5.17. The van der Waals surface area contributed by atoms with E-state index in [9.17, 15) is 0 Å². The van der Waals surface area contributed by atoms with E-state index in [2.05, 4.69) is 78.9 Å². The molecule has 0 nitrogen and oxygen atoms in total. The first kappa shape index (κ1) is 11.9. The van der Waals surface area contributed by atoms with E-state index in [0.29, 0.717) is 11.8 Å². The van der Waals surface area contributed by atoms with Crippen LogP contribution in [-0.2, 0) is 0 Å². The highest BCUT2D eigenvalue weighted by atomic mass is 127. The predicted octanol–water partition coefficient (Wildman–Crippen LogP) is 4.65. The molecule has 0 N–H and O–H groups in total. The fraction of sp³-hybridized carbons (Fsp3) is 0.333. The molecule has 0 saturated heterocycles. The molecule has 1 heteroatoms. The van der Waals surface area contributed by atoms with Crippen LogP contribution in [0.4, 0.5) is 0 Å². The third kappa shape index (κ3) is 2.40. The van der Waals surface area contributed by atoms with Gasteiger partial charge in [0.15, 0.2) is 0 Å². The molecule has 16 heavy (non-hydrogen) atoms. The lowest BCUT2D eigenvalue weighted by Gasteiger charge is -2.25. The summed E-state index contributed by atoms with van der Waals surface area (Å²) in [7, 11) is 0. The van der Waals surface area contributed by atoms with E-state index in [-0.39, 0.29) is 0 Å². The third-order valence-electron chi connectivity index (χ3n) is 3.23. The number of aryl methyl sites for hydroxylation is 1. The maximum Gasteiger partial charge on any atom is 0.00942 e. The van der Waals surface area contributed by atoms with Crippen LogP contribution in [0.3, 0.4) is 0 Å². The third-order valence-corrected chi connectivity index (χ3v) is 4.25. The monoisotopic (exact) mass is 324 g/mol. The minimum absolute atomic E-state index is 0.557. The van der Waals surface area contributed by atoms with Gasteiger partial charge in [0.1, 0.15) is 0 Å². The molecule has 0 bridgehead atoms. The van der Waals surface area contributed by atoms with Gasteiger partial charge in [-0.3, -0.25) is 0 Å². The van der Waals surface area contributed by atoms with Crippen LogP contribution in [0.2, 0.25) is 0 Å². The summed E-state index contributed by atoms with van der Waals surface area (Å²) in [6.45, 7) is 4.39. The summed E-state index contributed by atoms with van der Waals surface area (Å²) in [4.78, 5) is 0. The van der Waals surface area contributed by atoms with Gasteiger partial charge in [0.2, 0.25) is 0 Å². The lowest BCUT2D eigenvalue weighted by molar-refractivity contribution is 0.645. The Hall–Kier alpha value is -0.570. The largest absolute Gasteiger partial charge is 0.0857 e. The van der Waals surface area contributed by atoms with Crippen molar-refractivity contribution in [2.75, 3.05) is 4.43 Å². The number of alkyl halides is 1. The summed E-state index contributed by atoms with van der Waals surface area (Å²) in [5, 5.41) is 0. The van der Waals surface area contributed by atoms with Crippen LogP contribution in [0.1, 0.15) is 24.0 Å². The van der Waals surface area contributed by atoms with Crippen molar-refractivity contribution in [1.82, 2.24) is 0 Å². The molecule has 1 aliphatic rings. The van der Waals surface area contributed by atoms with E-state index in [1.165, 1.54) is 21.1 Å². The molecule has 1 aromatic carbocycles. The van der Waals surface area contributed by atoms with Gasteiger partial charge in [-0.2, -0.15) is 0 Å². The number of benzene rings is 1. The van der Waals surface area contributed by atoms with Gasteiger partial charge in [-0.25, -0.2) is 0 Å². The van der Waals surface area contributed by atoms with Crippen LogP contribution in [0.5, 0.6) is 0 Å². The quantitative estimate of drug-likeness (QED) is 0.549. The zero-order valence-corrected chi connectivity index (χ0v) is 11.9. The average molecular weight is 324 g/mol. The standard InChI is InChI=1S/C15H17I/c1-11-7-8-15(13(9-11)10-16)14-6-4-3-5-12(14)2/h3-9,13,15H,10H2,1-2H3. The Morgan fingerprint density at radius 2 is 1.94 bits per heavy atom. The Bertz CT molecular complexity index is 429. The number of rotatable bonds is 2. The highest BCUT2D eigenvalue weighted by Gasteiger charge is 2.21. The zero-order valence-electron chi connectivity index (χ0n) is 9.78. The number of hydrogen-bond donors (Lipinski definition) is 0. The molecule has 84 valence electrons. The van der Waals surface area contributed by atoms with E-state index in [4.69, 9.17) is 0 Å². The smallest absolute Gasteiger partial charge is 0.00942 e. The molecule has 1 aliphatic carbocycles.